The van der Waals surface area contributed by atoms with E-state index in [9.17, 15) is 4.79 Å². The fourth-order valence-corrected chi connectivity index (χ4v) is 1.58. The van der Waals surface area contributed by atoms with Gasteiger partial charge in [0.05, 0.1) is 6.54 Å². The molecule has 0 rings (SSSR count). The molecule has 0 fully saturated rings. The van der Waals surface area contributed by atoms with E-state index in [1.54, 1.807) is 0 Å². The monoisotopic (exact) mass is 187 g/mol. The molecule has 0 bridgehead atoms. The van der Waals surface area contributed by atoms with Crippen molar-refractivity contribution in [1.82, 2.24) is 4.90 Å². The van der Waals surface area contributed by atoms with Gasteiger partial charge in [0.25, 0.3) is 0 Å². The second-order valence-electron chi connectivity index (χ2n) is 3.94. The lowest BCUT2D eigenvalue weighted by atomic mass is 10.0. The minimum atomic E-state index is -0.738. The largest absolute Gasteiger partial charge is 0.480 e. The molecule has 1 unspecified atom stereocenters. The first-order valence-electron chi connectivity index (χ1n) is 4.93. The van der Waals surface area contributed by atoms with Crippen molar-refractivity contribution < 1.29 is 9.90 Å². The summed E-state index contributed by atoms with van der Waals surface area (Å²) in [6.07, 6.45) is 1.06. The number of rotatable bonds is 6. The summed E-state index contributed by atoms with van der Waals surface area (Å²) in [5, 5.41) is 8.66. The smallest absolute Gasteiger partial charge is 0.317 e. The minimum absolute atomic E-state index is 0.157. The highest BCUT2D eigenvalue weighted by atomic mass is 16.4. The van der Waals surface area contributed by atoms with Gasteiger partial charge in [-0.25, -0.2) is 0 Å². The highest BCUT2D eigenvalue weighted by Gasteiger charge is 2.15. The maximum atomic E-state index is 10.5. The van der Waals surface area contributed by atoms with Gasteiger partial charge in [-0.3, -0.25) is 9.69 Å². The van der Waals surface area contributed by atoms with E-state index in [1.165, 1.54) is 0 Å². The first-order chi connectivity index (χ1) is 5.97. The van der Waals surface area contributed by atoms with Crippen molar-refractivity contribution in [2.45, 2.75) is 40.2 Å². The average Bonchev–Trinajstić information content (AvgIpc) is 1.98. The Hall–Kier alpha value is -0.570. The third kappa shape index (κ3) is 5.64. The molecule has 0 aliphatic carbocycles. The third-order valence-electron chi connectivity index (χ3n) is 2.18. The molecule has 3 nitrogen and oxygen atoms in total. The molecule has 1 N–H and O–H groups in total. The number of carbonyl (C=O) groups is 1. The van der Waals surface area contributed by atoms with Gasteiger partial charge in [-0.2, -0.15) is 0 Å². The Balaban J connectivity index is 3.98. The first-order valence-corrected chi connectivity index (χ1v) is 4.93. The maximum absolute atomic E-state index is 10.5. The predicted molar refractivity (Wildman–Crippen MR) is 53.8 cm³/mol. The normalized spacial score (nSPS) is 13.7. The van der Waals surface area contributed by atoms with Crippen molar-refractivity contribution in [3.05, 3.63) is 0 Å². The van der Waals surface area contributed by atoms with E-state index in [4.69, 9.17) is 5.11 Å². The SMILES string of the molecule is CCN(CC(=O)O)C(C)CC(C)C. The second-order valence-corrected chi connectivity index (χ2v) is 3.94. The van der Waals surface area contributed by atoms with Crippen LogP contribution in [0.15, 0.2) is 0 Å². The van der Waals surface area contributed by atoms with Crippen molar-refractivity contribution in [2.24, 2.45) is 5.92 Å². The highest BCUT2D eigenvalue weighted by molar-refractivity contribution is 5.69. The summed E-state index contributed by atoms with van der Waals surface area (Å²) in [4.78, 5) is 12.5. The Labute approximate surface area is 80.7 Å². The van der Waals surface area contributed by atoms with Crippen LogP contribution in [0.4, 0.5) is 0 Å². The van der Waals surface area contributed by atoms with Crippen molar-refractivity contribution in [3.8, 4) is 0 Å². The summed E-state index contributed by atoms with van der Waals surface area (Å²) >= 11 is 0. The number of nitrogens with zero attached hydrogens (tertiary/aromatic N) is 1. The lowest BCUT2D eigenvalue weighted by Gasteiger charge is -2.27. The Morgan fingerprint density at radius 1 is 1.38 bits per heavy atom. The highest BCUT2D eigenvalue weighted by Crippen LogP contribution is 2.10. The zero-order chi connectivity index (χ0) is 10.4. The number of hydrogen-bond acceptors (Lipinski definition) is 2. The van der Waals surface area contributed by atoms with E-state index in [0.29, 0.717) is 12.0 Å². The van der Waals surface area contributed by atoms with Crippen molar-refractivity contribution in [3.63, 3.8) is 0 Å². The van der Waals surface area contributed by atoms with E-state index >= 15 is 0 Å². The molecular formula is C10H21NO2. The molecule has 3 heteroatoms. The number of likely N-dealkylation sites (N-methyl/N-ethyl adjacent to an activating group) is 1. The number of aliphatic carboxylic acids is 1. The van der Waals surface area contributed by atoms with Gasteiger partial charge in [0, 0.05) is 6.04 Å². The van der Waals surface area contributed by atoms with Crippen LogP contribution in [0.2, 0.25) is 0 Å². The van der Waals surface area contributed by atoms with E-state index in [0.717, 1.165) is 13.0 Å². The molecule has 0 radical (unpaired) electrons. The van der Waals surface area contributed by atoms with Crippen molar-refractivity contribution in [2.75, 3.05) is 13.1 Å². The molecule has 78 valence electrons. The number of carboxylic acids is 1. The van der Waals surface area contributed by atoms with E-state index in [-0.39, 0.29) is 6.54 Å². The molecule has 0 heterocycles. The van der Waals surface area contributed by atoms with Gasteiger partial charge < -0.3 is 5.11 Å². The van der Waals surface area contributed by atoms with E-state index < -0.39 is 5.97 Å². The molecule has 13 heavy (non-hydrogen) atoms. The fourth-order valence-electron chi connectivity index (χ4n) is 1.58. The lowest BCUT2D eigenvalue weighted by Crippen LogP contribution is -2.37. The predicted octanol–water partition coefficient (Wildman–Crippen LogP) is 1.83. The molecule has 0 aliphatic rings. The topological polar surface area (TPSA) is 40.5 Å². The molecule has 0 aromatic carbocycles. The standard InChI is InChI=1S/C10H21NO2/c1-5-11(7-10(12)13)9(4)6-8(2)3/h8-9H,5-7H2,1-4H3,(H,12,13). The molecule has 1 atom stereocenters. The molecule has 0 spiro atoms. The summed E-state index contributed by atoms with van der Waals surface area (Å²) < 4.78 is 0. The Bertz CT molecular complexity index is 157. The van der Waals surface area contributed by atoms with Crippen LogP contribution in [0, 0.1) is 5.92 Å². The fraction of sp³-hybridized carbons (Fsp3) is 0.900. The number of carboxylic acid groups (broad SMARTS) is 1. The zero-order valence-electron chi connectivity index (χ0n) is 9.08. The van der Waals surface area contributed by atoms with Crippen molar-refractivity contribution in [1.29, 1.82) is 0 Å². The van der Waals surface area contributed by atoms with Gasteiger partial charge in [0.2, 0.25) is 0 Å². The minimum Gasteiger partial charge on any atom is -0.480 e. The third-order valence-corrected chi connectivity index (χ3v) is 2.18. The summed E-state index contributed by atoms with van der Waals surface area (Å²) in [5.74, 6) is -0.115. The van der Waals surface area contributed by atoms with Crippen LogP contribution in [0.25, 0.3) is 0 Å². The molecule has 0 amide bonds. The van der Waals surface area contributed by atoms with Crippen LogP contribution in [0.3, 0.4) is 0 Å². The molecule has 0 aromatic rings. The van der Waals surface area contributed by atoms with Crippen LogP contribution >= 0.6 is 0 Å². The summed E-state index contributed by atoms with van der Waals surface area (Å²) in [6.45, 7) is 9.37. The van der Waals surface area contributed by atoms with E-state index in [2.05, 4.69) is 20.8 Å². The van der Waals surface area contributed by atoms with Crippen LogP contribution in [-0.4, -0.2) is 35.1 Å². The van der Waals surface area contributed by atoms with Crippen LogP contribution in [0.1, 0.15) is 34.1 Å². The Morgan fingerprint density at radius 2 is 1.92 bits per heavy atom. The molecule has 0 saturated heterocycles. The number of hydrogen-bond donors (Lipinski definition) is 1. The zero-order valence-corrected chi connectivity index (χ0v) is 9.08. The van der Waals surface area contributed by atoms with Gasteiger partial charge >= 0.3 is 5.97 Å². The quantitative estimate of drug-likeness (QED) is 0.689. The molecule has 0 saturated carbocycles. The summed E-state index contributed by atoms with van der Waals surface area (Å²) in [5.41, 5.74) is 0. The van der Waals surface area contributed by atoms with Gasteiger partial charge in [0.15, 0.2) is 0 Å². The Morgan fingerprint density at radius 3 is 2.23 bits per heavy atom. The Kier molecular flexibility index (Phi) is 5.71. The van der Waals surface area contributed by atoms with Gasteiger partial charge in [0.1, 0.15) is 0 Å². The van der Waals surface area contributed by atoms with Gasteiger partial charge in [-0.1, -0.05) is 20.8 Å². The van der Waals surface area contributed by atoms with Gasteiger partial charge in [-0.15, -0.1) is 0 Å². The first kappa shape index (κ1) is 12.4. The summed E-state index contributed by atoms with van der Waals surface area (Å²) in [7, 11) is 0. The van der Waals surface area contributed by atoms with Crippen LogP contribution in [0.5, 0.6) is 0 Å². The maximum Gasteiger partial charge on any atom is 0.317 e. The summed E-state index contributed by atoms with van der Waals surface area (Å²) in [6, 6.07) is 0.362. The van der Waals surface area contributed by atoms with Crippen LogP contribution < -0.4 is 0 Å². The molecular weight excluding hydrogens is 166 g/mol. The molecule has 0 aromatic heterocycles. The molecule has 0 aliphatic heterocycles. The van der Waals surface area contributed by atoms with Crippen LogP contribution in [-0.2, 0) is 4.79 Å². The van der Waals surface area contributed by atoms with E-state index in [1.807, 2.05) is 11.8 Å². The van der Waals surface area contributed by atoms with Crippen molar-refractivity contribution >= 4 is 5.97 Å². The lowest BCUT2D eigenvalue weighted by molar-refractivity contribution is -0.138. The average molecular weight is 187 g/mol. The van der Waals surface area contributed by atoms with Gasteiger partial charge in [-0.05, 0) is 25.8 Å². The second kappa shape index (κ2) is 5.97.